The third-order valence-electron chi connectivity index (χ3n) is 4.46. The number of phosphoric ester groups is 1. The molecule has 236 valence electrons. The minimum Gasteiger partial charge on any atom is -0.790 e. The van der Waals surface area contributed by atoms with Gasteiger partial charge in [-0.2, -0.15) is 0 Å². The average molecular weight is 638 g/mol. The van der Waals surface area contributed by atoms with E-state index in [-0.39, 0.29) is 84.3 Å². The number of phosphoric acid groups is 1. The Balaban J connectivity index is -0.0000000828. The summed E-state index contributed by atoms with van der Waals surface area (Å²) in [6.07, 6.45) is 14.7. The summed E-state index contributed by atoms with van der Waals surface area (Å²) in [6, 6.07) is 0. The summed E-state index contributed by atoms with van der Waals surface area (Å²) in [5.41, 5.74) is 4.47. The van der Waals surface area contributed by atoms with Crippen molar-refractivity contribution in [2.45, 2.75) is 90.6 Å². The standard InChI is InChI=1S/C27H33O8P.C2H5NO.2Na.9H2/c1-3-5-7-9-11-13-14-16-18-20-22-27(29)35-25(24-34-36(30,31)32)23-33-26(28)21-19-17-15-12-10-8-6-4-2;1-2(3)4;;;;;;;;;;;/h2,25H,3,5,7,9,11,13-14,16,18,20,22-24H2,1H3,(H2,30,31,32);1H3,(H2,3,4);;;9*1H/q;;2*+1;;;;;;;;;/p-2/t25-;;;;;;;;;;;;/m1............/s1. The molecule has 0 fully saturated rings. The number of ether oxygens (including phenoxy) is 2. The van der Waals surface area contributed by atoms with Crippen molar-refractivity contribution in [2.75, 3.05) is 13.2 Å². The monoisotopic (exact) mass is 637 g/mol. The van der Waals surface area contributed by atoms with E-state index in [4.69, 9.17) is 15.9 Å². The van der Waals surface area contributed by atoms with Gasteiger partial charge in [0.25, 0.3) is 0 Å². The molecule has 0 aromatic heterocycles. The normalized spacial score (nSPS) is 9.50. The minimum atomic E-state index is -5.30. The van der Waals surface area contributed by atoms with Gasteiger partial charge in [-0.1, -0.05) is 64.7 Å². The molecule has 2 N–H and O–H groups in total. The van der Waals surface area contributed by atoms with Crippen LogP contribution in [0.5, 0.6) is 0 Å². The van der Waals surface area contributed by atoms with Crippen molar-refractivity contribution in [1.82, 2.24) is 0 Å². The maximum Gasteiger partial charge on any atom is 1.00 e. The first-order valence-electron chi connectivity index (χ1n) is 12.8. The van der Waals surface area contributed by atoms with E-state index in [0.29, 0.717) is 6.42 Å². The Bertz CT molecular complexity index is 1150. The molecule has 0 aliphatic carbocycles. The number of rotatable bonds is 17. The first-order valence-corrected chi connectivity index (χ1v) is 14.2. The topological polar surface area (TPSA) is 168 Å². The van der Waals surface area contributed by atoms with Crippen molar-refractivity contribution >= 4 is 25.7 Å². The summed E-state index contributed by atoms with van der Waals surface area (Å²) in [7, 11) is -5.30. The summed E-state index contributed by atoms with van der Waals surface area (Å²) in [5, 5.41) is 0. The number of hydrogen-bond donors (Lipinski definition) is 1. The maximum absolute atomic E-state index is 12.1. The number of amides is 1. The maximum atomic E-state index is 12.1. The van der Waals surface area contributed by atoms with Crippen LogP contribution < -0.4 is 74.6 Å². The quantitative estimate of drug-likeness (QED) is 0.0472. The predicted molar refractivity (Wildman–Crippen MR) is 165 cm³/mol. The number of nitrogens with two attached hydrogens (primary N) is 1. The fraction of sp³-hybridized carbons (Fsp3) is 0.552. The van der Waals surface area contributed by atoms with Crippen molar-refractivity contribution in [2.24, 2.45) is 5.73 Å². The molecule has 0 heterocycles. The zero-order chi connectivity index (χ0) is 30.5. The fourth-order valence-electron chi connectivity index (χ4n) is 2.77. The second-order valence-corrected chi connectivity index (χ2v) is 9.29. The molecule has 1 atom stereocenters. The molecule has 0 aliphatic heterocycles. The second-order valence-electron chi connectivity index (χ2n) is 8.14. The van der Waals surface area contributed by atoms with Crippen LogP contribution in [0.2, 0.25) is 0 Å². The molecule has 0 unspecified atom stereocenters. The molecule has 0 spiro atoms. The molecular weight excluding hydrogens is 583 g/mol. The second kappa shape index (κ2) is 33.8. The smallest absolute Gasteiger partial charge is 0.790 e. The molecule has 0 radical (unpaired) electrons. The van der Waals surface area contributed by atoms with Gasteiger partial charge in [-0.25, -0.2) is 4.79 Å². The number of terminal acetylenes is 1. The molecule has 42 heavy (non-hydrogen) atoms. The molecule has 0 rings (SSSR count). The molecule has 10 nitrogen and oxygen atoms in total. The van der Waals surface area contributed by atoms with Gasteiger partial charge in [-0.05, 0) is 53.8 Å². The Morgan fingerprint density at radius 3 is 1.76 bits per heavy atom. The zero-order valence-corrected chi connectivity index (χ0v) is 29.9. The van der Waals surface area contributed by atoms with Crippen LogP contribution in [-0.4, -0.2) is 37.2 Å². The van der Waals surface area contributed by atoms with E-state index in [1.165, 1.54) is 45.4 Å². The van der Waals surface area contributed by atoms with E-state index in [9.17, 15) is 28.7 Å². The number of primary amides is 1. The molecule has 0 saturated carbocycles. The Kier molecular flexibility index (Phi) is 38.0. The van der Waals surface area contributed by atoms with Gasteiger partial charge in [-0.3, -0.25) is 9.59 Å². The van der Waals surface area contributed by atoms with Gasteiger partial charge in [0.1, 0.15) is 6.61 Å². The summed E-state index contributed by atoms with van der Waals surface area (Å²) >= 11 is 0. The van der Waals surface area contributed by atoms with Gasteiger partial charge < -0.3 is 34.1 Å². The third-order valence-corrected chi connectivity index (χ3v) is 4.93. The molecular formula is C29H54NNa2O9P. The molecule has 0 saturated heterocycles. The third kappa shape index (κ3) is 42.8. The van der Waals surface area contributed by atoms with Crippen LogP contribution in [0.15, 0.2) is 0 Å². The van der Waals surface area contributed by atoms with Crippen molar-refractivity contribution in [3.05, 3.63) is 0 Å². The van der Waals surface area contributed by atoms with E-state index in [1.54, 1.807) is 0 Å². The Labute approximate surface area is 307 Å². The first kappa shape index (κ1) is 47.3. The first-order chi connectivity index (χ1) is 19.0. The Hall–Kier alpha value is -1.68. The van der Waals surface area contributed by atoms with Gasteiger partial charge in [0, 0.05) is 32.1 Å². The number of esters is 2. The van der Waals surface area contributed by atoms with E-state index < -0.39 is 39.1 Å². The van der Waals surface area contributed by atoms with Gasteiger partial charge in [0.15, 0.2) is 6.10 Å². The largest absolute Gasteiger partial charge is 1.00 e. The summed E-state index contributed by atoms with van der Waals surface area (Å²) in [5.74, 6) is 18.3. The van der Waals surface area contributed by atoms with Crippen LogP contribution in [0.4, 0.5) is 0 Å². The number of carbonyl (C=O) groups excluding carboxylic acids is 3. The van der Waals surface area contributed by atoms with Crippen LogP contribution in [0.3, 0.4) is 0 Å². The van der Waals surface area contributed by atoms with Crippen molar-refractivity contribution in [3.8, 4) is 59.7 Å². The molecule has 0 bridgehead atoms. The Morgan fingerprint density at radius 1 is 0.833 bits per heavy atom. The van der Waals surface area contributed by atoms with E-state index >= 15 is 0 Å². The van der Waals surface area contributed by atoms with Gasteiger partial charge in [0.2, 0.25) is 5.91 Å². The minimum absolute atomic E-state index is 0. The average Bonchev–Trinajstić information content (AvgIpc) is 2.87. The van der Waals surface area contributed by atoms with Gasteiger partial charge in [0.05, 0.1) is 14.4 Å². The number of carbonyl (C=O) groups is 3. The number of hydrogen-bond acceptors (Lipinski definition) is 9. The van der Waals surface area contributed by atoms with E-state index in [2.05, 4.69) is 70.5 Å². The summed E-state index contributed by atoms with van der Waals surface area (Å²) in [4.78, 5) is 54.5. The molecule has 13 heteroatoms. The summed E-state index contributed by atoms with van der Waals surface area (Å²) in [6.45, 7) is 2.17. The molecule has 1 amide bonds. The van der Waals surface area contributed by atoms with Crippen molar-refractivity contribution in [3.63, 3.8) is 0 Å². The van der Waals surface area contributed by atoms with E-state index in [1.807, 2.05) is 0 Å². The number of unbranched alkanes of at least 4 members (excludes halogenated alkanes) is 9. The van der Waals surface area contributed by atoms with Crippen LogP contribution in [0.1, 0.15) is 97.3 Å². The van der Waals surface area contributed by atoms with Crippen LogP contribution in [-0.2, 0) is 32.9 Å². The van der Waals surface area contributed by atoms with Crippen LogP contribution in [0.25, 0.3) is 0 Å². The van der Waals surface area contributed by atoms with Gasteiger partial charge >= 0.3 is 71.1 Å². The molecule has 0 aromatic rings. The van der Waals surface area contributed by atoms with E-state index in [0.717, 1.165) is 19.3 Å². The molecule has 0 aliphatic rings. The zero-order valence-electron chi connectivity index (χ0n) is 25.0. The predicted octanol–water partition coefficient (Wildman–Crippen LogP) is -2.04. The summed E-state index contributed by atoms with van der Waals surface area (Å²) < 4.78 is 24.8. The van der Waals surface area contributed by atoms with Crippen LogP contribution >= 0.6 is 7.82 Å². The van der Waals surface area contributed by atoms with Crippen LogP contribution in [0, 0.1) is 59.7 Å². The fourth-order valence-corrected chi connectivity index (χ4v) is 3.12. The SMILES string of the molecule is C#CC#CC#CC#CC#CC(=O)OC[C@H](COP(=O)([O-])[O-])OC(=O)CCCCCCCCCCCC.CC(N)=O.[HH].[HH].[HH].[HH].[HH].[HH].[HH].[HH].[HH].[Na+].[Na+]. The molecule has 0 aromatic carbocycles. The van der Waals surface area contributed by atoms with Crippen molar-refractivity contribution < 1.29 is 115 Å². The van der Waals surface area contributed by atoms with Crippen molar-refractivity contribution in [1.29, 1.82) is 0 Å². The van der Waals surface area contributed by atoms with Gasteiger partial charge in [-0.15, -0.1) is 6.42 Å². The Morgan fingerprint density at radius 2 is 1.29 bits per heavy atom.